The second-order valence-electron chi connectivity index (χ2n) is 14.8. The van der Waals surface area contributed by atoms with Crippen molar-refractivity contribution in [3.63, 3.8) is 0 Å². The van der Waals surface area contributed by atoms with E-state index in [-0.39, 0.29) is 36.7 Å². The molecule has 4 aromatic rings. The average molecular weight is 742 g/mol. The summed E-state index contributed by atoms with van der Waals surface area (Å²) in [7, 11) is -3.51. The number of rotatable bonds is 12. The monoisotopic (exact) mass is 741 g/mol. The third kappa shape index (κ3) is 6.89. The number of fused-ring (bicyclic) bond motifs is 2. The Morgan fingerprint density at radius 1 is 1.19 bits per heavy atom. The van der Waals surface area contributed by atoms with Crippen LogP contribution in [0.25, 0.3) is 0 Å². The molecule has 3 N–H and O–H groups in total. The molecule has 278 valence electrons. The molecule has 0 radical (unpaired) electrons. The van der Waals surface area contributed by atoms with Crippen LogP contribution in [0.3, 0.4) is 0 Å². The lowest BCUT2D eigenvalue weighted by Gasteiger charge is -2.31. The van der Waals surface area contributed by atoms with E-state index < -0.39 is 42.4 Å². The van der Waals surface area contributed by atoms with Gasteiger partial charge < -0.3 is 29.5 Å². The quantitative estimate of drug-likeness (QED) is 0.0745. The number of nitro benzene ring substituents is 1. The van der Waals surface area contributed by atoms with Gasteiger partial charge in [-0.1, -0.05) is 54.6 Å². The van der Waals surface area contributed by atoms with Crippen molar-refractivity contribution in [2.75, 3.05) is 23.4 Å². The van der Waals surface area contributed by atoms with Gasteiger partial charge in [-0.25, -0.2) is 0 Å². The molecule has 2 fully saturated rings. The van der Waals surface area contributed by atoms with Crippen molar-refractivity contribution in [1.29, 1.82) is 0 Å². The zero-order valence-corrected chi connectivity index (χ0v) is 30.9. The van der Waals surface area contributed by atoms with E-state index in [0.717, 1.165) is 30.5 Å². The molecule has 1 spiro atoms. The number of aliphatic hydroxyl groups excluding tert-OH is 1. The van der Waals surface area contributed by atoms with E-state index in [0.29, 0.717) is 35.6 Å². The van der Waals surface area contributed by atoms with Crippen molar-refractivity contribution in [1.82, 2.24) is 20.3 Å². The van der Waals surface area contributed by atoms with Gasteiger partial charge in [0.15, 0.2) is 5.60 Å². The first-order chi connectivity index (χ1) is 25.4. The second kappa shape index (κ2) is 14.5. The molecule has 3 aliphatic heterocycles. The Kier molecular flexibility index (Phi) is 10.0. The Labute approximate surface area is 307 Å². The number of non-ortho nitro benzene ring substituents is 1. The van der Waals surface area contributed by atoms with Crippen LogP contribution in [-0.2, 0) is 33.0 Å². The van der Waals surface area contributed by atoms with Crippen LogP contribution in [0.1, 0.15) is 54.5 Å². The molecule has 1 aromatic heterocycles. The van der Waals surface area contributed by atoms with Crippen molar-refractivity contribution in [3.05, 3.63) is 111 Å². The third-order valence-corrected chi connectivity index (χ3v) is 13.5. The molecular weight excluding hydrogens is 698 g/mol. The van der Waals surface area contributed by atoms with Gasteiger partial charge in [0.25, 0.3) is 11.6 Å². The lowest BCUT2D eigenvalue weighted by molar-refractivity contribution is -0.385. The van der Waals surface area contributed by atoms with E-state index in [4.69, 9.17) is 4.74 Å². The van der Waals surface area contributed by atoms with E-state index in [1.807, 2.05) is 49.4 Å². The summed E-state index contributed by atoms with van der Waals surface area (Å²) in [6.45, 7) is 6.08. The molecule has 6 atom stereocenters. The fraction of sp³-hybridized carbons (Fsp3) is 0.421. The number of carbonyl (C=O) groups is 2. The molecule has 7 rings (SSSR count). The minimum atomic E-state index is -3.51. The zero-order valence-electron chi connectivity index (χ0n) is 29.9. The topological polar surface area (TPSA) is 165 Å². The maximum atomic E-state index is 16.4. The highest BCUT2D eigenvalue weighted by Gasteiger charge is 2.67. The minimum absolute atomic E-state index is 0.105. The number of halogens is 1. The Hall–Kier alpha value is -4.83. The van der Waals surface area contributed by atoms with Crippen molar-refractivity contribution in [3.8, 4) is 0 Å². The summed E-state index contributed by atoms with van der Waals surface area (Å²) in [5.74, 6) is -1.54. The molecule has 13 nitrogen and oxygen atoms in total. The summed E-state index contributed by atoms with van der Waals surface area (Å²) in [5.41, 5.74) is 1.15. The number of anilines is 2. The van der Waals surface area contributed by atoms with Crippen LogP contribution in [0.2, 0.25) is 18.6 Å². The van der Waals surface area contributed by atoms with Crippen molar-refractivity contribution in [2.45, 2.75) is 81.6 Å². The van der Waals surface area contributed by atoms with Gasteiger partial charge in [-0.2, -0.15) is 0 Å². The molecule has 53 heavy (non-hydrogen) atoms. The molecular formula is C38H44FN7O6Si. The molecule has 2 saturated heterocycles. The number of aliphatic hydroxyl groups is 1. The summed E-state index contributed by atoms with van der Waals surface area (Å²) in [5, 5.41) is 36.9. The number of aromatic nitrogens is 3. The number of carbonyl (C=O) groups excluding carboxylic acids is 2. The van der Waals surface area contributed by atoms with Crippen LogP contribution in [-0.4, -0.2) is 70.5 Å². The van der Waals surface area contributed by atoms with Crippen LogP contribution >= 0.6 is 0 Å². The van der Waals surface area contributed by atoms with E-state index in [9.17, 15) is 24.8 Å². The largest absolute Gasteiger partial charge is 0.395 e. The molecule has 1 unspecified atom stereocenters. The number of amides is 2. The summed E-state index contributed by atoms with van der Waals surface area (Å²) < 4.78 is 24.9. The van der Waals surface area contributed by atoms with Gasteiger partial charge in [0.2, 0.25) is 14.3 Å². The van der Waals surface area contributed by atoms with Gasteiger partial charge in [0.1, 0.15) is 0 Å². The van der Waals surface area contributed by atoms with E-state index in [1.54, 1.807) is 47.1 Å². The summed E-state index contributed by atoms with van der Waals surface area (Å²) in [4.78, 5) is 40.7. The van der Waals surface area contributed by atoms with Gasteiger partial charge >= 0.3 is 0 Å². The predicted molar refractivity (Wildman–Crippen MR) is 198 cm³/mol. The molecule has 3 aliphatic rings. The Morgan fingerprint density at radius 3 is 2.68 bits per heavy atom. The Balaban J connectivity index is 1.17. The summed E-state index contributed by atoms with van der Waals surface area (Å²) in [6, 6.07) is 20.8. The summed E-state index contributed by atoms with van der Waals surface area (Å²) in [6.07, 6.45) is 3.06. The average Bonchev–Trinajstić information content (AvgIpc) is 3.93. The number of aryl methyl sites for hydroxylation is 1. The minimum Gasteiger partial charge on any atom is -0.395 e. The number of nitro groups is 1. The van der Waals surface area contributed by atoms with Crippen LogP contribution in [0.15, 0.2) is 79.0 Å². The highest BCUT2D eigenvalue weighted by atomic mass is 28.4. The van der Waals surface area contributed by atoms with Crippen LogP contribution in [0.4, 0.5) is 21.2 Å². The number of hydrogen-bond acceptors (Lipinski definition) is 9. The first kappa shape index (κ1) is 36.5. The van der Waals surface area contributed by atoms with Gasteiger partial charge in [0.05, 0.1) is 47.5 Å². The molecule has 0 bridgehead atoms. The number of nitrogens with one attached hydrogen (secondary N) is 2. The lowest BCUT2D eigenvalue weighted by Crippen LogP contribution is -2.45. The number of hydrogen-bond donors (Lipinski definition) is 3. The van der Waals surface area contributed by atoms with Crippen LogP contribution < -0.4 is 15.5 Å². The lowest BCUT2D eigenvalue weighted by atomic mass is 9.82. The van der Waals surface area contributed by atoms with Gasteiger partial charge in [-0.15, -0.1) is 5.10 Å². The highest BCUT2D eigenvalue weighted by Crippen LogP contribution is 2.60. The van der Waals surface area contributed by atoms with Crippen LogP contribution in [0.5, 0.6) is 0 Å². The first-order valence-corrected chi connectivity index (χ1v) is 21.0. The normalized spacial score (nSPS) is 24.5. The van der Waals surface area contributed by atoms with E-state index >= 15 is 4.11 Å². The van der Waals surface area contributed by atoms with Crippen molar-refractivity contribution < 1.29 is 28.5 Å². The van der Waals surface area contributed by atoms with Crippen molar-refractivity contribution >= 4 is 37.3 Å². The number of nitrogens with zero attached hydrogens (tertiary/aromatic N) is 5. The zero-order chi connectivity index (χ0) is 37.5. The Bertz CT molecular complexity index is 2000. The van der Waals surface area contributed by atoms with Gasteiger partial charge in [-0.05, 0) is 68.2 Å². The smallest absolute Gasteiger partial charge is 0.269 e. The predicted octanol–water partition coefficient (Wildman–Crippen LogP) is 5.41. The first-order valence-electron chi connectivity index (χ1n) is 18.1. The highest BCUT2D eigenvalue weighted by molar-refractivity contribution is 6.72. The standard InChI is InChI=1S/C38H44FN7O6Si/c1-24-35(53(2,3)39)34(16-18-44-22-32(42-43-44)29(23-47)26-10-5-4-6-11-26)52-38(24)30-20-28(46(50)51)14-15-33(30)45(37(38)49)21-25-9-7-12-27(19-25)41-36(48)31-13-8-17-40-31/h4-7,9-12,14-15,19-20,22,24,29,31,34-35,40,47H,8,13,16-18,21,23H2,1-3H3,(H,41,48)/t24-,29?,31+,34+,35-,38+/m0/s1. The maximum Gasteiger partial charge on any atom is 0.269 e. The Morgan fingerprint density at radius 2 is 1.98 bits per heavy atom. The van der Waals surface area contributed by atoms with Crippen molar-refractivity contribution in [2.24, 2.45) is 5.92 Å². The number of benzene rings is 3. The maximum absolute atomic E-state index is 16.4. The van der Waals surface area contributed by atoms with E-state index in [2.05, 4.69) is 20.9 Å². The summed E-state index contributed by atoms with van der Waals surface area (Å²) >= 11 is 0. The van der Waals surface area contributed by atoms with Crippen LogP contribution in [0, 0.1) is 16.0 Å². The molecule has 0 aliphatic carbocycles. The SMILES string of the molecule is C[C@H]1[C@H]([Si](C)(C)F)[C@@H](CCn2cc(C(CO)c3ccccc3)nn2)O[C@]12C(=O)N(Cc1cccc(NC(=O)[C@H]3CCCN3)c1)c1ccc([N+](=O)[O-])cc12. The molecule has 3 aromatic carbocycles. The second-order valence-corrected chi connectivity index (χ2v) is 18.6. The molecule has 4 heterocycles. The fourth-order valence-corrected chi connectivity index (χ4v) is 11.1. The third-order valence-electron chi connectivity index (χ3n) is 11.0. The van der Waals surface area contributed by atoms with E-state index in [1.165, 1.54) is 12.1 Å². The number of ether oxygens (including phenoxy) is 1. The van der Waals surface area contributed by atoms with Gasteiger partial charge in [-0.3, -0.25) is 24.4 Å². The molecule has 0 saturated carbocycles. The fourth-order valence-electron chi connectivity index (χ4n) is 8.54. The van der Waals surface area contributed by atoms with Gasteiger partial charge in [0, 0.05) is 47.6 Å². The molecule has 2 amide bonds. The molecule has 15 heteroatoms.